The number of fused-ring (bicyclic) bond motifs is 3. The van der Waals surface area contributed by atoms with E-state index in [1.165, 1.54) is 4.90 Å². The number of carbonyl (C=O) groups excluding carboxylic acids is 1. The largest absolute Gasteiger partial charge is 0.451 e. The van der Waals surface area contributed by atoms with E-state index in [4.69, 9.17) is 10.2 Å². The van der Waals surface area contributed by atoms with Crippen molar-refractivity contribution in [3.8, 4) is 22.5 Å². The van der Waals surface area contributed by atoms with Crippen molar-refractivity contribution in [2.45, 2.75) is 38.1 Å². The Labute approximate surface area is 203 Å². The molecule has 3 aliphatic rings. The maximum Gasteiger partial charge on any atom is 0.235 e. The summed E-state index contributed by atoms with van der Waals surface area (Å²) >= 11 is 0. The number of rotatable bonds is 3. The molecule has 2 aliphatic heterocycles. The Balaban J connectivity index is 1.55. The minimum atomic E-state index is -0.269. The average molecular weight is 466 g/mol. The normalized spacial score (nSPS) is 20.4. The third-order valence-corrected chi connectivity index (χ3v) is 7.48. The lowest BCUT2D eigenvalue weighted by atomic mass is 9.72. The van der Waals surface area contributed by atoms with Crippen LogP contribution in [0.1, 0.15) is 49.5 Å². The molecule has 0 bridgehead atoms. The standard InChI is InChI=1S/C29H27N3O3/c1-18-12-16-31-27-26-22(13-17-32(27)28(18)34)24(33)23(25(35-26)20-6-3-2-4-7-20)19-8-10-21(11-9-19)29(30)14-5-15-29/h2-4,6-11,13,17-18H,5,12,14-16,30H2,1H3. The number of benzene rings is 2. The second-order valence-electron chi connectivity index (χ2n) is 9.75. The Morgan fingerprint density at radius 3 is 2.43 bits per heavy atom. The molecule has 6 rings (SSSR count). The summed E-state index contributed by atoms with van der Waals surface area (Å²) in [5.41, 5.74) is 9.66. The zero-order chi connectivity index (χ0) is 24.2. The van der Waals surface area contributed by atoms with Gasteiger partial charge in [0, 0.05) is 29.8 Å². The van der Waals surface area contributed by atoms with E-state index in [1.54, 1.807) is 12.3 Å². The molecule has 1 atom stereocenters. The van der Waals surface area contributed by atoms with Gasteiger partial charge in [0.25, 0.3) is 0 Å². The maximum atomic E-state index is 14.0. The highest BCUT2D eigenvalue weighted by atomic mass is 16.3. The highest BCUT2D eigenvalue weighted by Gasteiger charge is 2.35. The fraction of sp³-hybridized carbons (Fsp3) is 0.276. The first-order valence-corrected chi connectivity index (χ1v) is 12.2. The Bertz CT molecular complexity index is 1430. The van der Waals surface area contributed by atoms with Crippen molar-refractivity contribution in [2.24, 2.45) is 16.6 Å². The minimum absolute atomic E-state index is 0.0431. The lowest BCUT2D eigenvalue weighted by Gasteiger charge is -2.38. The van der Waals surface area contributed by atoms with Gasteiger partial charge in [-0.25, -0.2) is 0 Å². The van der Waals surface area contributed by atoms with Crippen molar-refractivity contribution in [1.82, 2.24) is 4.90 Å². The number of carbonyl (C=O) groups is 1. The van der Waals surface area contributed by atoms with Crippen molar-refractivity contribution >= 4 is 17.8 Å². The first-order chi connectivity index (χ1) is 17.0. The number of hydrogen-bond donors (Lipinski definition) is 1. The first kappa shape index (κ1) is 21.7. The van der Waals surface area contributed by atoms with Gasteiger partial charge in [-0.3, -0.25) is 19.5 Å². The molecule has 1 fully saturated rings. The minimum Gasteiger partial charge on any atom is -0.451 e. The summed E-state index contributed by atoms with van der Waals surface area (Å²) in [6.45, 7) is 2.40. The van der Waals surface area contributed by atoms with Gasteiger partial charge in [0.15, 0.2) is 11.6 Å². The summed E-state index contributed by atoms with van der Waals surface area (Å²) in [5, 5.41) is 0. The molecule has 35 heavy (non-hydrogen) atoms. The summed E-state index contributed by atoms with van der Waals surface area (Å²) in [7, 11) is 0. The summed E-state index contributed by atoms with van der Waals surface area (Å²) < 4.78 is 6.49. The van der Waals surface area contributed by atoms with Crippen molar-refractivity contribution in [2.75, 3.05) is 6.54 Å². The van der Waals surface area contributed by atoms with E-state index < -0.39 is 0 Å². The van der Waals surface area contributed by atoms with Crippen LogP contribution in [0.4, 0.5) is 0 Å². The van der Waals surface area contributed by atoms with Crippen molar-refractivity contribution in [3.63, 3.8) is 0 Å². The molecule has 1 aliphatic carbocycles. The Hall–Kier alpha value is -3.77. The van der Waals surface area contributed by atoms with Crippen molar-refractivity contribution in [3.05, 3.63) is 87.9 Å². The van der Waals surface area contributed by atoms with Crippen LogP contribution in [0.15, 0.2) is 75.0 Å². The van der Waals surface area contributed by atoms with E-state index in [2.05, 4.69) is 4.99 Å². The molecule has 1 amide bonds. The van der Waals surface area contributed by atoms with Gasteiger partial charge in [-0.05, 0) is 42.9 Å². The molecule has 3 heterocycles. The van der Waals surface area contributed by atoms with E-state index in [0.29, 0.717) is 41.4 Å². The van der Waals surface area contributed by atoms with Gasteiger partial charge in [-0.2, -0.15) is 0 Å². The highest BCUT2D eigenvalue weighted by Crippen LogP contribution is 2.40. The third-order valence-electron chi connectivity index (χ3n) is 7.48. The predicted molar refractivity (Wildman–Crippen MR) is 137 cm³/mol. The molecule has 1 saturated carbocycles. The molecule has 3 aromatic rings. The first-order valence-electron chi connectivity index (χ1n) is 12.2. The van der Waals surface area contributed by atoms with Gasteiger partial charge in [-0.15, -0.1) is 0 Å². The van der Waals surface area contributed by atoms with Gasteiger partial charge in [-0.1, -0.05) is 61.5 Å². The summed E-state index contributed by atoms with van der Waals surface area (Å²) in [6, 6.07) is 17.6. The topological polar surface area (TPSA) is 88.9 Å². The smallest absolute Gasteiger partial charge is 0.235 e. The van der Waals surface area contributed by atoms with Crippen LogP contribution < -0.4 is 11.2 Å². The highest BCUT2D eigenvalue weighted by molar-refractivity contribution is 6.12. The van der Waals surface area contributed by atoms with E-state index in [-0.39, 0.29) is 22.8 Å². The molecule has 1 unspecified atom stereocenters. The quantitative estimate of drug-likeness (QED) is 0.595. The molecular weight excluding hydrogens is 438 g/mol. The summed E-state index contributed by atoms with van der Waals surface area (Å²) in [6.07, 6.45) is 7.06. The monoisotopic (exact) mass is 465 g/mol. The molecule has 6 heteroatoms. The number of amides is 1. The van der Waals surface area contributed by atoms with Crippen LogP contribution >= 0.6 is 0 Å². The zero-order valence-electron chi connectivity index (χ0n) is 19.7. The van der Waals surface area contributed by atoms with E-state index in [1.807, 2.05) is 61.5 Å². The fourth-order valence-corrected chi connectivity index (χ4v) is 5.12. The zero-order valence-corrected chi connectivity index (χ0v) is 19.7. The number of aliphatic imine (C=N–C) groups is 1. The molecule has 2 aromatic carbocycles. The Kier molecular flexibility index (Phi) is 5.07. The SMILES string of the molecule is CC1CCN=C2c3oc(-c4ccccc4)c(-c4ccc(C5(N)CCC5)cc4)c(=O)c3C=CN2C1=O. The molecule has 176 valence electrons. The van der Waals surface area contributed by atoms with Crippen molar-refractivity contribution < 1.29 is 9.21 Å². The van der Waals surface area contributed by atoms with Gasteiger partial charge in [0.1, 0.15) is 5.76 Å². The van der Waals surface area contributed by atoms with Gasteiger partial charge in [0.05, 0.1) is 11.1 Å². The maximum absolute atomic E-state index is 14.0. The van der Waals surface area contributed by atoms with E-state index in [0.717, 1.165) is 36.0 Å². The summed E-state index contributed by atoms with van der Waals surface area (Å²) in [5.74, 6) is 1.02. The molecular formula is C29H27N3O3. The lowest BCUT2D eigenvalue weighted by molar-refractivity contribution is -0.129. The number of hydrogen-bond acceptors (Lipinski definition) is 5. The van der Waals surface area contributed by atoms with Gasteiger partial charge < -0.3 is 10.2 Å². The second kappa shape index (κ2) is 8.17. The van der Waals surface area contributed by atoms with Gasteiger partial charge in [0.2, 0.25) is 11.3 Å². The second-order valence-corrected chi connectivity index (χ2v) is 9.75. The van der Waals surface area contributed by atoms with Gasteiger partial charge >= 0.3 is 0 Å². The third kappa shape index (κ3) is 3.48. The Morgan fingerprint density at radius 1 is 1.00 bits per heavy atom. The van der Waals surface area contributed by atoms with Crippen LogP contribution in [0, 0.1) is 5.92 Å². The fourth-order valence-electron chi connectivity index (χ4n) is 5.12. The average Bonchev–Trinajstić information content (AvgIpc) is 3.01. The molecule has 2 N–H and O–H groups in total. The van der Waals surface area contributed by atoms with Crippen LogP contribution in [0.2, 0.25) is 0 Å². The number of nitrogens with zero attached hydrogens (tertiary/aromatic N) is 2. The molecule has 1 aromatic heterocycles. The van der Waals surface area contributed by atoms with E-state index in [9.17, 15) is 9.59 Å². The summed E-state index contributed by atoms with van der Waals surface area (Å²) in [4.78, 5) is 33.1. The number of amidine groups is 1. The number of nitrogens with two attached hydrogens (primary N) is 1. The van der Waals surface area contributed by atoms with Crippen LogP contribution in [0.3, 0.4) is 0 Å². The van der Waals surface area contributed by atoms with Crippen LogP contribution in [0.5, 0.6) is 0 Å². The van der Waals surface area contributed by atoms with Crippen LogP contribution in [0.25, 0.3) is 28.5 Å². The Morgan fingerprint density at radius 2 is 1.74 bits per heavy atom. The molecule has 6 nitrogen and oxygen atoms in total. The molecule has 0 saturated heterocycles. The lowest BCUT2D eigenvalue weighted by Crippen LogP contribution is -2.43. The van der Waals surface area contributed by atoms with Crippen LogP contribution in [-0.4, -0.2) is 23.2 Å². The van der Waals surface area contributed by atoms with Crippen molar-refractivity contribution in [1.29, 1.82) is 0 Å². The predicted octanol–water partition coefficient (Wildman–Crippen LogP) is 4.91. The van der Waals surface area contributed by atoms with Crippen LogP contribution in [-0.2, 0) is 10.3 Å². The molecule has 0 radical (unpaired) electrons. The molecule has 0 spiro atoms. The van der Waals surface area contributed by atoms with E-state index >= 15 is 0 Å².